The molecule has 2 aromatic rings. The Morgan fingerprint density at radius 1 is 1.05 bits per heavy atom. The molecule has 6 rings (SSSR count). The maximum absolute atomic E-state index is 13.5. The van der Waals surface area contributed by atoms with Crippen LogP contribution in [-0.2, 0) is 17.8 Å². The SMILES string of the molecule is Cc1cccc(N2CCN(C(=O)Cn3nc(C(=O)N4CCC(O)(CO)CC4)c4c3C[C@H]3C[C@@H]43)CC2)c1C. The number of rotatable bonds is 5. The summed E-state index contributed by atoms with van der Waals surface area (Å²) in [7, 11) is 0. The van der Waals surface area contributed by atoms with Gasteiger partial charge in [-0.3, -0.25) is 14.3 Å². The average molecular weight is 508 g/mol. The van der Waals surface area contributed by atoms with Crippen molar-refractivity contribution in [3.8, 4) is 0 Å². The lowest BCUT2D eigenvalue weighted by molar-refractivity contribution is -0.132. The number of aliphatic hydroxyl groups is 2. The van der Waals surface area contributed by atoms with Gasteiger partial charge in [-0.25, -0.2) is 0 Å². The smallest absolute Gasteiger partial charge is 0.274 e. The summed E-state index contributed by atoms with van der Waals surface area (Å²) in [5.74, 6) is 0.898. The van der Waals surface area contributed by atoms with Crippen molar-refractivity contribution in [1.82, 2.24) is 19.6 Å². The van der Waals surface area contributed by atoms with Crippen LogP contribution in [0.2, 0.25) is 0 Å². The molecule has 0 radical (unpaired) electrons. The summed E-state index contributed by atoms with van der Waals surface area (Å²) in [5.41, 5.74) is 5.30. The second-order valence-corrected chi connectivity index (χ2v) is 11.4. The molecule has 2 atom stereocenters. The summed E-state index contributed by atoms with van der Waals surface area (Å²) >= 11 is 0. The molecule has 198 valence electrons. The molecule has 2 amide bonds. The van der Waals surface area contributed by atoms with Gasteiger partial charge >= 0.3 is 0 Å². The van der Waals surface area contributed by atoms with Crippen LogP contribution in [0.25, 0.3) is 0 Å². The van der Waals surface area contributed by atoms with E-state index in [1.54, 1.807) is 9.58 Å². The number of aryl methyl sites for hydroxylation is 1. The van der Waals surface area contributed by atoms with Crippen LogP contribution in [0.15, 0.2) is 18.2 Å². The van der Waals surface area contributed by atoms with Gasteiger partial charge in [0.2, 0.25) is 5.91 Å². The highest BCUT2D eigenvalue weighted by Crippen LogP contribution is 2.57. The predicted molar refractivity (Wildman–Crippen MR) is 139 cm³/mol. The van der Waals surface area contributed by atoms with Gasteiger partial charge in [0.25, 0.3) is 5.91 Å². The van der Waals surface area contributed by atoms with Crippen molar-refractivity contribution >= 4 is 17.5 Å². The molecule has 0 unspecified atom stereocenters. The quantitative estimate of drug-likeness (QED) is 0.636. The van der Waals surface area contributed by atoms with E-state index < -0.39 is 5.60 Å². The Morgan fingerprint density at radius 2 is 1.78 bits per heavy atom. The molecule has 9 nitrogen and oxygen atoms in total. The average Bonchev–Trinajstić information content (AvgIpc) is 3.44. The third kappa shape index (κ3) is 4.32. The minimum absolute atomic E-state index is 0.0523. The molecule has 2 aliphatic heterocycles. The summed E-state index contributed by atoms with van der Waals surface area (Å²) in [6.45, 7) is 7.91. The summed E-state index contributed by atoms with van der Waals surface area (Å²) in [6.07, 6.45) is 2.70. The van der Waals surface area contributed by atoms with Crippen LogP contribution in [0, 0.1) is 19.8 Å². The Labute approximate surface area is 217 Å². The van der Waals surface area contributed by atoms with E-state index in [0.29, 0.717) is 56.6 Å². The fraction of sp³-hybridized carbons (Fsp3) is 0.607. The molecule has 3 fully saturated rings. The monoisotopic (exact) mass is 507 g/mol. The molecule has 4 aliphatic rings. The normalized spacial score (nSPS) is 24.2. The second kappa shape index (κ2) is 9.13. The number of piperidine rings is 1. The fourth-order valence-electron chi connectivity index (χ4n) is 6.42. The van der Waals surface area contributed by atoms with Gasteiger partial charge in [-0.2, -0.15) is 5.10 Å². The van der Waals surface area contributed by atoms with Gasteiger partial charge in [-0.15, -0.1) is 0 Å². The zero-order chi connectivity index (χ0) is 25.9. The Balaban J connectivity index is 1.13. The maximum atomic E-state index is 13.5. The van der Waals surface area contributed by atoms with Crippen LogP contribution in [0.4, 0.5) is 5.69 Å². The molecule has 2 saturated heterocycles. The van der Waals surface area contributed by atoms with Crippen molar-refractivity contribution in [1.29, 1.82) is 0 Å². The summed E-state index contributed by atoms with van der Waals surface area (Å²) < 4.78 is 1.79. The van der Waals surface area contributed by atoms with Crippen molar-refractivity contribution < 1.29 is 19.8 Å². The molecule has 2 aliphatic carbocycles. The standard InChI is InChI=1S/C28H37N5O4/c1-18-4-3-5-22(19(18)2)30-10-12-31(13-11-30)24(35)16-33-23-15-20-14-21(20)25(23)26(29-33)27(36)32-8-6-28(37,17-34)7-9-32/h3-5,20-21,34,37H,6-17H2,1-2H3/t20-,21-/m1/s1. The van der Waals surface area contributed by atoms with Gasteiger partial charge in [-0.1, -0.05) is 12.1 Å². The summed E-state index contributed by atoms with van der Waals surface area (Å²) in [5, 5.41) is 24.5. The molecule has 1 saturated carbocycles. The number of anilines is 1. The first-order valence-corrected chi connectivity index (χ1v) is 13.6. The molecule has 2 N–H and O–H groups in total. The van der Waals surface area contributed by atoms with E-state index in [4.69, 9.17) is 5.10 Å². The lowest BCUT2D eigenvalue weighted by Crippen LogP contribution is -2.50. The number of aliphatic hydroxyl groups excluding tert-OH is 1. The molecule has 9 heteroatoms. The van der Waals surface area contributed by atoms with Crippen LogP contribution >= 0.6 is 0 Å². The van der Waals surface area contributed by atoms with Crippen molar-refractivity contribution in [3.63, 3.8) is 0 Å². The van der Waals surface area contributed by atoms with Crippen molar-refractivity contribution in [3.05, 3.63) is 46.3 Å². The van der Waals surface area contributed by atoms with Crippen LogP contribution in [0.3, 0.4) is 0 Å². The Kier molecular flexibility index (Phi) is 6.03. The van der Waals surface area contributed by atoms with Crippen molar-refractivity contribution in [2.75, 3.05) is 50.8 Å². The number of likely N-dealkylation sites (tertiary alicyclic amines) is 1. The van der Waals surface area contributed by atoms with E-state index >= 15 is 0 Å². The first-order chi connectivity index (χ1) is 17.8. The van der Waals surface area contributed by atoms with Crippen LogP contribution in [0.1, 0.15) is 58.1 Å². The zero-order valence-electron chi connectivity index (χ0n) is 21.8. The molecule has 3 heterocycles. The van der Waals surface area contributed by atoms with Gasteiger partial charge in [-0.05, 0) is 68.6 Å². The lowest BCUT2D eigenvalue weighted by Gasteiger charge is -2.37. The number of hydrogen-bond acceptors (Lipinski definition) is 6. The minimum Gasteiger partial charge on any atom is -0.393 e. The van der Waals surface area contributed by atoms with E-state index in [1.807, 2.05) is 4.90 Å². The highest BCUT2D eigenvalue weighted by Gasteiger charge is 2.51. The zero-order valence-corrected chi connectivity index (χ0v) is 21.8. The third-order valence-electron chi connectivity index (χ3n) is 9.16. The van der Waals surface area contributed by atoms with Gasteiger partial charge in [0.1, 0.15) is 6.54 Å². The largest absolute Gasteiger partial charge is 0.393 e. The molecular weight excluding hydrogens is 470 g/mol. The third-order valence-corrected chi connectivity index (χ3v) is 9.16. The van der Waals surface area contributed by atoms with E-state index in [2.05, 4.69) is 36.9 Å². The number of nitrogens with zero attached hydrogens (tertiary/aromatic N) is 5. The maximum Gasteiger partial charge on any atom is 0.274 e. The first kappa shape index (κ1) is 24.4. The molecule has 1 aromatic carbocycles. The number of benzene rings is 1. The van der Waals surface area contributed by atoms with Gasteiger partial charge in [0.15, 0.2) is 5.69 Å². The molecule has 1 aromatic heterocycles. The topological polar surface area (TPSA) is 102 Å². The molecule has 0 spiro atoms. The van der Waals surface area contributed by atoms with E-state index in [1.165, 1.54) is 16.8 Å². The lowest BCUT2D eigenvalue weighted by atomic mass is 9.92. The number of fused-ring (bicyclic) bond motifs is 3. The number of piperazine rings is 1. The first-order valence-electron chi connectivity index (χ1n) is 13.6. The van der Waals surface area contributed by atoms with Crippen LogP contribution in [-0.4, -0.2) is 93.1 Å². The van der Waals surface area contributed by atoms with Crippen LogP contribution in [0.5, 0.6) is 0 Å². The minimum atomic E-state index is -1.10. The second-order valence-electron chi connectivity index (χ2n) is 11.4. The van der Waals surface area contributed by atoms with Crippen LogP contribution < -0.4 is 4.90 Å². The predicted octanol–water partition coefficient (Wildman–Crippen LogP) is 1.47. The Bertz CT molecular complexity index is 1220. The number of amides is 2. The van der Waals surface area contributed by atoms with Gasteiger partial charge in [0, 0.05) is 56.2 Å². The number of aromatic nitrogens is 2. The van der Waals surface area contributed by atoms with E-state index in [0.717, 1.165) is 37.2 Å². The summed E-state index contributed by atoms with van der Waals surface area (Å²) in [6, 6.07) is 6.38. The Morgan fingerprint density at radius 3 is 2.49 bits per heavy atom. The van der Waals surface area contributed by atoms with Gasteiger partial charge in [0.05, 0.1) is 12.2 Å². The van der Waals surface area contributed by atoms with E-state index in [-0.39, 0.29) is 25.0 Å². The van der Waals surface area contributed by atoms with E-state index in [9.17, 15) is 19.8 Å². The van der Waals surface area contributed by atoms with Crippen molar-refractivity contribution in [2.24, 2.45) is 5.92 Å². The molecular formula is C28H37N5O4. The molecule has 37 heavy (non-hydrogen) atoms. The number of carbonyl (C=O) groups is 2. The fourth-order valence-corrected chi connectivity index (χ4v) is 6.42. The highest BCUT2D eigenvalue weighted by molar-refractivity contribution is 5.95. The van der Waals surface area contributed by atoms with Crippen molar-refractivity contribution in [2.45, 2.75) is 57.6 Å². The number of hydrogen-bond donors (Lipinski definition) is 2. The number of carbonyl (C=O) groups excluding carboxylic acids is 2. The van der Waals surface area contributed by atoms with Gasteiger partial charge < -0.3 is 24.9 Å². The molecule has 0 bridgehead atoms. The highest BCUT2D eigenvalue weighted by atomic mass is 16.3. The summed E-state index contributed by atoms with van der Waals surface area (Å²) in [4.78, 5) is 32.8. The Hall–Kier alpha value is -2.91.